The van der Waals surface area contributed by atoms with Crippen molar-refractivity contribution in [2.45, 2.75) is 38.1 Å². The average molecular weight is 1030 g/mol. The predicted octanol–water partition coefficient (Wildman–Crippen LogP) is 1.57. The minimum Gasteiger partial charge on any atom is -0.756 e. The van der Waals surface area contributed by atoms with Crippen LogP contribution in [0.4, 0.5) is 0 Å². The number of ether oxygens (including phenoxy) is 4. The standard InChI is InChI=1S/C29H27N2O8PS.C13H27N2O8PS.15H2/c1-5-6-7-8-9-10-11-12-13-14-15-16-17-18-19-20-28(32)36-23-26(39-29(33)27(30)25-41)24-38-40(34,35)37-22-21-31(2,3)4;1-10(16)20-7-11(23-13(17)12(14)9-25)8-22-24(18,19)21-6-5-15(2,3)4;;;;;;;;;;;;;;;/h26-27H,21-25,30H2,1-4H3,(H-,34,35,41);11-12H,5-9,14H2,1-4H3,(H-,18,19,25);15*1H. The summed E-state index contributed by atoms with van der Waals surface area (Å²) in [5, 5.41) is 0. The lowest BCUT2D eigenvalue weighted by atomic mass is 10.3. The summed E-state index contributed by atoms with van der Waals surface area (Å²) in [5.74, 6) is 35.2. The van der Waals surface area contributed by atoms with Crippen molar-refractivity contribution in [2.24, 2.45) is 11.5 Å². The van der Waals surface area contributed by atoms with Crippen molar-refractivity contribution < 1.29 is 106 Å². The maximum atomic E-state index is 12.0. The van der Waals surface area contributed by atoms with Gasteiger partial charge in [-0.2, -0.15) is 25.3 Å². The first kappa shape index (κ1) is 63.2. The van der Waals surface area contributed by atoms with Crippen LogP contribution in [0.5, 0.6) is 0 Å². The minimum absolute atomic E-state index is 0. The first-order chi connectivity index (χ1) is 30.8. The second kappa shape index (κ2) is 35.3. The SMILES string of the molecule is CC#CC#CC#CC#CC#CC#CC#CC#CC(=O)OCC(COP(=O)([O-])OCC[N+](C)(C)C)OC(=O)C(N)CS.CC(=O)OCC(COP(=O)([O-])OCC[N+](C)(C)C)OC(=O)C(N)CS.[HH].[HH].[HH].[HH].[HH].[HH].[HH].[HH].[HH].[HH].[HH].[HH].[HH].[HH].[HH]. The molecule has 0 heterocycles. The third-order valence-corrected chi connectivity index (χ3v) is 9.11. The molecule has 0 rings (SSSR count). The van der Waals surface area contributed by atoms with Gasteiger partial charge in [0.25, 0.3) is 15.6 Å². The van der Waals surface area contributed by atoms with Crippen LogP contribution in [0, 0.1) is 94.7 Å². The van der Waals surface area contributed by atoms with E-state index in [1.165, 1.54) is 0 Å². The zero-order chi connectivity index (χ0) is 50.7. The van der Waals surface area contributed by atoms with Crippen LogP contribution in [0.15, 0.2) is 0 Å². The molecule has 0 bridgehead atoms. The Morgan fingerprint density at radius 2 is 0.909 bits per heavy atom. The van der Waals surface area contributed by atoms with Crippen LogP contribution in [-0.2, 0) is 65.4 Å². The van der Waals surface area contributed by atoms with E-state index in [2.05, 4.69) is 120 Å². The lowest BCUT2D eigenvalue weighted by molar-refractivity contribution is -0.870. The van der Waals surface area contributed by atoms with Crippen LogP contribution in [0.25, 0.3) is 0 Å². The fraction of sp³-hybridized carbons (Fsp3) is 0.524. The Morgan fingerprint density at radius 3 is 1.23 bits per heavy atom. The molecule has 24 heteroatoms. The Balaban J connectivity index is -0.0000000610. The first-order valence-corrected chi connectivity index (χ1v) is 23.1. The number of nitrogens with zero attached hydrogens (tertiary/aromatic N) is 2. The maximum Gasteiger partial charge on any atom is 0.385 e. The number of hydrogen-bond acceptors (Lipinski definition) is 20. The number of carbonyl (C=O) groups is 4. The van der Waals surface area contributed by atoms with E-state index >= 15 is 0 Å². The van der Waals surface area contributed by atoms with E-state index < -0.39 is 83.6 Å². The second-order valence-electron chi connectivity index (χ2n) is 14.4. The van der Waals surface area contributed by atoms with Gasteiger partial charge in [-0.15, -0.1) is 0 Å². The average Bonchev–Trinajstić information content (AvgIpc) is 3.22. The molecule has 0 aliphatic rings. The summed E-state index contributed by atoms with van der Waals surface area (Å²) in [6, 6.07) is -2.09. The van der Waals surface area contributed by atoms with Crippen molar-refractivity contribution in [3.63, 3.8) is 0 Å². The Hall–Kier alpha value is -4.88. The van der Waals surface area contributed by atoms with Gasteiger partial charge in [0, 0.05) is 45.7 Å². The van der Waals surface area contributed by atoms with Crippen LogP contribution in [0.2, 0.25) is 0 Å². The molecular formula is C42H84N4O16P2S2. The molecule has 0 fully saturated rings. The van der Waals surface area contributed by atoms with E-state index in [9.17, 15) is 38.1 Å². The highest BCUT2D eigenvalue weighted by Crippen LogP contribution is 2.39. The molecule has 0 aliphatic heterocycles. The number of thiol groups is 2. The molecule has 0 aromatic rings. The molecule has 0 saturated carbocycles. The molecule has 66 heavy (non-hydrogen) atoms. The largest absolute Gasteiger partial charge is 0.756 e. The van der Waals surface area contributed by atoms with Gasteiger partial charge in [0.2, 0.25) is 0 Å². The van der Waals surface area contributed by atoms with Crippen LogP contribution >= 0.6 is 40.9 Å². The highest BCUT2D eigenvalue weighted by Gasteiger charge is 2.25. The third kappa shape index (κ3) is 40.6. The fourth-order valence-corrected chi connectivity index (χ4v) is 4.85. The number of hydrogen-bond donors (Lipinski definition) is 4. The molecule has 0 aromatic heterocycles. The Morgan fingerprint density at radius 1 is 0.576 bits per heavy atom. The van der Waals surface area contributed by atoms with E-state index in [0.717, 1.165) is 6.92 Å². The van der Waals surface area contributed by atoms with Gasteiger partial charge in [0.05, 0.1) is 55.5 Å². The van der Waals surface area contributed by atoms with Crippen molar-refractivity contribution in [3.8, 4) is 94.7 Å². The highest BCUT2D eigenvalue weighted by atomic mass is 32.1. The number of carbonyl (C=O) groups excluding carboxylic acids is 4. The van der Waals surface area contributed by atoms with Crippen LogP contribution < -0.4 is 21.3 Å². The summed E-state index contributed by atoms with van der Waals surface area (Å²) >= 11 is 7.76. The summed E-state index contributed by atoms with van der Waals surface area (Å²) in [7, 11) is 1.86. The topological polar surface area (TPSA) is 274 Å². The summed E-state index contributed by atoms with van der Waals surface area (Å²) in [4.78, 5) is 70.2. The van der Waals surface area contributed by atoms with Gasteiger partial charge in [0.15, 0.2) is 12.2 Å². The van der Waals surface area contributed by atoms with Crippen molar-refractivity contribution in [1.29, 1.82) is 0 Å². The van der Waals surface area contributed by atoms with E-state index in [1.807, 2.05) is 42.3 Å². The smallest absolute Gasteiger partial charge is 0.385 e. The van der Waals surface area contributed by atoms with Crippen molar-refractivity contribution >= 4 is 64.8 Å². The normalized spacial score (nSPS) is 13.5. The van der Waals surface area contributed by atoms with Gasteiger partial charge in [-0.3, -0.25) is 23.5 Å². The molecule has 20 nitrogen and oxygen atoms in total. The molecule has 390 valence electrons. The zero-order valence-electron chi connectivity index (χ0n) is 37.8. The fourth-order valence-electron chi connectivity index (χ4n) is 3.10. The number of rotatable bonds is 24. The second-order valence-corrected chi connectivity index (χ2v) is 18.0. The number of nitrogens with two attached hydrogens (primary N) is 2. The summed E-state index contributed by atoms with van der Waals surface area (Å²) in [6.07, 6.45) is -2.47. The monoisotopic (exact) mass is 1030 g/mol. The Kier molecular flexibility index (Phi) is 33.8. The Labute approximate surface area is 420 Å². The molecule has 6 atom stereocenters. The molecule has 0 aromatic carbocycles. The molecule has 6 unspecified atom stereocenters. The number of phosphoric ester groups is 2. The number of esters is 4. The van der Waals surface area contributed by atoms with Crippen molar-refractivity contribution in [1.82, 2.24) is 0 Å². The highest BCUT2D eigenvalue weighted by molar-refractivity contribution is 7.80. The quantitative estimate of drug-likeness (QED) is 0.0203. The third-order valence-electron chi connectivity index (χ3n) is 6.40. The predicted molar refractivity (Wildman–Crippen MR) is 275 cm³/mol. The number of quaternary nitrogens is 2. The van der Waals surface area contributed by atoms with Crippen LogP contribution in [0.1, 0.15) is 35.2 Å². The molecule has 0 amide bonds. The van der Waals surface area contributed by atoms with Gasteiger partial charge >= 0.3 is 23.9 Å². The van der Waals surface area contributed by atoms with Crippen LogP contribution in [-0.4, -0.2) is 164 Å². The van der Waals surface area contributed by atoms with Gasteiger partial charge in [-0.25, -0.2) is 4.79 Å². The van der Waals surface area contributed by atoms with Gasteiger partial charge in [-0.05, 0) is 89.8 Å². The minimum atomic E-state index is -4.73. The summed E-state index contributed by atoms with van der Waals surface area (Å²) in [6.45, 7) is 1.25. The molecule has 4 N–H and O–H groups in total. The lowest BCUT2D eigenvalue weighted by Gasteiger charge is -2.28. The molecule has 0 aliphatic carbocycles. The number of phosphoric acid groups is 2. The van der Waals surface area contributed by atoms with Gasteiger partial charge in [0.1, 0.15) is 51.6 Å². The molecular weight excluding hydrogens is 943 g/mol. The van der Waals surface area contributed by atoms with E-state index in [0.29, 0.717) is 22.1 Å². The van der Waals surface area contributed by atoms with E-state index in [1.54, 1.807) is 6.92 Å². The maximum absolute atomic E-state index is 12.0. The molecule has 0 spiro atoms. The lowest BCUT2D eigenvalue weighted by Crippen LogP contribution is -2.39. The zero-order valence-corrected chi connectivity index (χ0v) is 41.3. The summed E-state index contributed by atoms with van der Waals surface area (Å²) in [5.41, 5.74) is 11.0. The van der Waals surface area contributed by atoms with E-state index in [-0.39, 0.29) is 52.7 Å². The van der Waals surface area contributed by atoms with E-state index in [4.69, 9.17) is 48.5 Å². The van der Waals surface area contributed by atoms with Crippen molar-refractivity contribution in [2.75, 3.05) is 107 Å². The van der Waals surface area contributed by atoms with Crippen molar-refractivity contribution in [3.05, 3.63) is 0 Å². The first-order valence-electron chi connectivity index (χ1n) is 18.9. The molecule has 0 saturated heterocycles. The van der Waals surface area contributed by atoms with Gasteiger partial charge in [-0.1, -0.05) is 5.92 Å². The Bertz CT molecular complexity index is 2300. The van der Waals surface area contributed by atoms with Crippen LogP contribution in [0.3, 0.4) is 0 Å². The molecule has 0 radical (unpaired) electrons. The summed E-state index contributed by atoms with van der Waals surface area (Å²) < 4.78 is 63.4. The van der Waals surface area contributed by atoms with Gasteiger partial charge < -0.3 is 67.3 Å². The number of likely N-dealkylation sites (N-methyl/N-ethyl adjacent to an activating group) is 2.